The fraction of sp³-hybridized carbons (Fsp3) is 0.190. The summed E-state index contributed by atoms with van der Waals surface area (Å²) >= 11 is 6.05. The number of hydrogen-bond acceptors (Lipinski definition) is 5. The third-order valence-corrected chi connectivity index (χ3v) is 6.15. The van der Waals surface area contributed by atoms with Crippen molar-refractivity contribution in [1.82, 2.24) is 9.78 Å². The summed E-state index contributed by atoms with van der Waals surface area (Å²) in [6.45, 7) is 0.706. The van der Waals surface area contributed by atoms with Crippen molar-refractivity contribution < 1.29 is 31.2 Å². The van der Waals surface area contributed by atoms with Gasteiger partial charge in [0.05, 0.1) is 30.2 Å². The highest BCUT2D eigenvalue weighted by atomic mass is 35.5. The molecule has 0 fully saturated rings. The molecule has 0 aliphatic rings. The Morgan fingerprint density at radius 2 is 1.83 bits per heavy atom. The monoisotopic (exact) mass is 529 g/mol. The quantitative estimate of drug-likeness (QED) is 0.430. The Hall–Kier alpha value is -3.42. The molecule has 2 aromatic carbocycles. The fourth-order valence-corrected chi connectivity index (χ4v) is 3.89. The molecule has 0 aliphatic heterocycles. The lowest BCUT2D eigenvalue weighted by molar-refractivity contribution is -0.175. The maximum Gasteiger partial charge on any atom is 0.400 e. The summed E-state index contributed by atoms with van der Waals surface area (Å²) in [7, 11) is -4.32. The Labute approximate surface area is 203 Å². The van der Waals surface area contributed by atoms with E-state index >= 15 is 0 Å². The van der Waals surface area contributed by atoms with Gasteiger partial charge >= 0.3 is 6.18 Å². The minimum Gasteiger partial charge on any atom is -0.326 e. The highest BCUT2D eigenvalue weighted by Crippen LogP contribution is 2.28. The van der Waals surface area contributed by atoms with Crippen molar-refractivity contribution in [2.45, 2.75) is 24.4 Å². The van der Waals surface area contributed by atoms with E-state index in [1.807, 2.05) is 0 Å². The van der Waals surface area contributed by atoms with Crippen LogP contribution in [-0.2, 0) is 26.0 Å². The number of sulfonamides is 1. The first-order valence-electron chi connectivity index (χ1n) is 9.88. The standard InChI is InChI=1S/C21H19ClF3N5O4S/c1-12(21(23,24)25)20(32)29-15-10-27-30(11-15)17-7-6-14(9-18(17)35(26,33)34)28-19(31)8-13-4-2-3-5-16(13)22/h2-7,9-12H,8H2,1H3,(H,28,31)(H,29,32)(H2,26,33,34). The molecule has 0 bridgehead atoms. The van der Waals surface area contributed by atoms with Crippen LogP contribution in [0.1, 0.15) is 12.5 Å². The molecule has 186 valence electrons. The molecule has 3 aromatic rings. The Bertz CT molecular complexity index is 1380. The molecular weight excluding hydrogens is 511 g/mol. The third-order valence-electron chi connectivity index (χ3n) is 4.84. The lowest BCUT2D eigenvalue weighted by Crippen LogP contribution is -2.32. The van der Waals surface area contributed by atoms with E-state index in [2.05, 4.69) is 15.7 Å². The number of rotatable bonds is 7. The van der Waals surface area contributed by atoms with E-state index in [1.165, 1.54) is 12.1 Å². The summed E-state index contributed by atoms with van der Waals surface area (Å²) in [4.78, 5) is 23.8. The van der Waals surface area contributed by atoms with Gasteiger partial charge in [-0.25, -0.2) is 18.2 Å². The molecule has 1 heterocycles. The van der Waals surface area contributed by atoms with Crippen LogP contribution in [0.4, 0.5) is 24.5 Å². The molecule has 0 radical (unpaired) electrons. The van der Waals surface area contributed by atoms with Crippen LogP contribution >= 0.6 is 11.6 Å². The molecule has 9 nitrogen and oxygen atoms in total. The van der Waals surface area contributed by atoms with E-state index < -0.39 is 38.8 Å². The zero-order valence-corrected chi connectivity index (χ0v) is 19.6. The summed E-state index contributed by atoms with van der Waals surface area (Å²) in [6.07, 6.45) is -2.62. The molecule has 4 N–H and O–H groups in total. The number of primary sulfonamides is 1. The number of nitrogens with zero attached hydrogens (tertiary/aromatic N) is 2. The van der Waals surface area contributed by atoms with E-state index in [0.29, 0.717) is 17.5 Å². The zero-order valence-electron chi connectivity index (χ0n) is 18.0. The number of carbonyl (C=O) groups excluding carboxylic acids is 2. The van der Waals surface area contributed by atoms with Gasteiger partial charge in [0.25, 0.3) is 0 Å². The number of aromatic nitrogens is 2. The van der Waals surface area contributed by atoms with Gasteiger partial charge in [0, 0.05) is 10.7 Å². The van der Waals surface area contributed by atoms with Crippen molar-refractivity contribution in [3.05, 3.63) is 65.4 Å². The van der Waals surface area contributed by atoms with Crippen LogP contribution in [0.2, 0.25) is 5.02 Å². The van der Waals surface area contributed by atoms with Crippen LogP contribution in [-0.4, -0.2) is 36.2 Å². The molecule has 0 spiro atoms. The van der Waals surface area contributed by atoms with Crippen LogP contribution < -0.4 is 15.8 Å². The van der Waals surface area contributed by atoms with Gasteiger partial charge in [-0.05, 0) is 36.8 Å². The number of benzene rings is 2. The molecule has 0 saturated heterocycles. The van der Waals surface area contributed by atoms with Gasteiger partial charge in [-0.15, -0.1) is 0 Å². The molecule has 35 heavy (non-hydrogen) atoms. The Morgan fingerprint density at radius 1 is 1.14 bits per heavy atom. The second-order valence-electron chi connectivity index (χ2n) is 7.47. The largest absolute Gasteiger partial charge is 0.400 e. The molecule has 2 amide bonds. The van der Waals surface area contributed by atoms with Gasteiger partial charge in [0.2, 0.25) is 21.8 Å². The Balaban J connectivity index is 1.83. The molecule has 1 aromatic heterocycles. The van der Waals surface area contributed by atoms with Crippen LogP contribution in [0.3, 0.4) is 0 Å². The number of amides is 2. The van der Waals surface area contributed by atoms with Crippen LogP contribution in [0, 0.1) is 5.92 Å². The molecule has 1 atom stereocenters. The minimum atomic E-state index is -4.73. The highest BCUT2D eigenvalue weighted by Gasteiger charge is 2.41. The predicted molar refractivity (Wildman–Crippen MR) is 123 cm³/mol. The maximum atomic E-state index is 12.7. The van der Waals surface area contributed by atoms with Gasteiger partial charge in [-0.3, -0.25) is 9.59 Å². The summed E-state index contributed by atoms with van der Waals surface area (Å²) in [5, 5.41) is 14.2. The number of halogens is 4. The molecule has 1 unspecified atom stereocenters. The normalized spacial score (nSPS) is 12.7. The van der Waals surface area contributed by atoms with Crippen LogP contribution in [0.15, 0.2) is 59.8 Å². The number of nitrogens with two attached hydrogens (primary N) is 1. The van der Waals surface area contributed by atoms with E-state index in [9.17, 15) is 31.2 Å². The third kappa shape index (κ3) is 6.59. The molecule has 0 aliphatic carbocycles. The van der Waals surface area contributed by atoms with E-state index in [0.717, 1.165) is 23.1 Å². The Morgan fingerprint density at radius 3 is 2.46 bits per heavy atom. The minimum absolute atomic E-state index is 0.0547. The fourth-order valence-electron chi connectivity index (χ4n) is 2.95. The molecular formula is C21H19ClF3N5O4S. The van der Waals surface area contributed by atoms with Crippen molar-refractivity contribution in [3.63, 3.8) is 0 Å². The summed E-state index contributed by atoms with van der Waals surface area (Å²) < 4.78 is 63.6. The summed E-state index contributed by atoms with van der Waals surface area (Å²) in [5.74, 6) is -4.03. The summed E-state index contributed by atoms with van der Waals surface area (Å²) in [6, 6.07) is 10.5. The number of carbonyl (C=O) groups is 2. The second-order valence-corrected chi connectivity index (χ2v) is 9.41. The van der Waals surface area contributed by atoms with Crippen molar-refractivity contribution in [3.8, 4) is 5.69 Å². The summed E-state index contributed by atoms with van der Waals surface area (Å²) in [5.41, 5.74) is 0.542. The van der Waals surface area contributed by atoms with Gasteiger partial charge in [-0.2, -0.15) is 18.3 Å². The number of alkyl halides is 3. The van der Waals surface area contributed by atoms with Crippen molar-refractivity contribution >= 4 is 44.8 Å². The first-order valence-corrected chi connectivity index (χ1v) is 11.8. The van der Waals surface area contributed by atoms with Gasteiger partial charge in [0.1, 0.15) is 10.8 Å². The smallest absolute Gasteiger partial charge is 0.326 e. The second kappa shape index (κ2) is 10.1. The van der Waals surface area contributed by atoms with Crippen LogP contribution in [0.25, 0.3) is 5.69 Å². The first-order chi connectivity index (χ1) is 16.3. The van der Waals surface area contributed by atoms with Crippen LogP contribution in [0.5, 0.6) is 0 Å². The van der Waals surface area contributed by atoms with E-state index in [4.69, 9.17) is 16.7 Å². The zero-order chi connectivity index (χ0) is 26.0. The Kier molecular flexibility index (Phi) is 7.53. The number of nitrogens with one attached hydrogen (secondary N) is 2. The lowest BCUT2D eigenvalue weighted by atomic mass is 10.1. The maximum absolute atomic E-state index is 12.7. The number of hydrogen-bond donors (Lipinski definition) is 3. The first kappa shape index (κ1) is 26.2. The van der Waals surface area contributed by atoms with Crippen molar-refractivity contribution in [2.24, 2.45) is 11.1 Å². The SMILES string of the molecule is CC(C(=O)Nc1cnn(-c2ccc(NC(=O)Cc3ccccc3Cl)cc2S(N)(=O)=O)c1)C(F)(F)F. The number of anilines is 2. The van der Waals surface area contributed by atoms with E-state index in [-0.39, 0.29) is 23.5 Å². The van der Waals surface area contributed by atoms with Gasteiger partial charge < -0.3 is 10.6 Å². The average Bonchev–Trinajstić information content (AvgIpc) is 3.21. The highest BCUT2D eigenvalue weighted by molar-refractivity contribution is 7.89. The van der Waals surface area contributed by atoms with Crippen molar-refractivity contribution in [1.29, 1.82) is 0 Å². The topological polar surface area (TPSA) is 136 Å². The molecule has 0 saturated carbocycles. The average molecular weight is 530 g/mol. The lowest BCUT2D eigenvalue weighted by Gasteiger charge is -2.14. The van der Waals surface area contributed by atoms with Gasteiger partial charge in [-0.1, -0.05) is 29.8 Å². The molecule has 14 heteroatoms. The predicted octanol–water partition coefficient (Wildman–Crippen LogP) is 3.49. The van der Waals surface area contributed by atoms with Gasteiger partial charge in [0.15, 0.2) is 0 Å². The van der Waals surface area contributed by atoms with E-state index in [1.54, 1.807) is 24.3 Å². The van der Waals surface area contributed by atoms with Crippen molar-refractivity contribution in [2.75, 3.05) is 10.6 Å². The molecule has 3 rings (SSSR count).